The molecule has 1 saturated heterocycles. The van der Waals surface area contributed by atoms with E-state index in [0.717, 1.165) is 35.9 Å². The Hall–Kier alpha value is -3.42. The first-order valence-corrected chi connectivity index (χ1v) is 9.76. The lowest BCUT2D eigenvalue weighted by Crippen LogP contribution is -2.30. The van der Waals surface area contributed by atoms with Crippen molar-refractivity contribution in [3.8, 4) is 11.6 Å². The van der Waals surface area contributed by atoms with Crippen LogP contribution < -0.4 is 15.0 Å². The summed E-state index contributed by atoms with van der Waals surface area (Å²) in [5, 5.41) is 7.29. The van der Waals surface area contributed by atoms with E-state index in [1.165, 1.54) is 25.6 Å². The molecule has 0 saturated carbocycles. The van der Waals surface area contributed by atoms with E-state index >= 15 is 0 Å². The maximum atomic E-state index is 12.4. The number of methoxy groups -OCH3 is 1. The highest BCUT2D eigenvalue weighted by atomic mass is 16.5. The molecule has 1 amide bonds. The Balaban J connectivity index is 1.45. The fourth-order valence-electron chi connectivity index (χ4n) is 3.49. The third-order valence-corrected chi connectivity index (χ3v) is 4.98. The van der Waals surface area contributed by atoms with Gasteiger partial charge in [-0.05, 0) is 37.0 Å². The molecule has 0 atom stereocenters. The predicted molar refractivity (Wildman–Crippen MR) is 111 cm³/mol. The first-order chi connectivity index (χ1) is 14.2. The fraction of sp³-hybridized carbons (Fsp3) is 0.333. The van der Waals surface area contributed by atoms with Crippen LogP contribution in [-0.4, -0.2) is 45.9 Å². The number of nitrogens with zero attached hydrogens (tertiary/aromatic N) is 5. The number of ether oxygens (including phenoxy) is 1. The number of hydrogen-bond donors (Lipinski definition) is 1. The monoisotopic (exact) mass is 392 g/mol. The van der Waals surface area contributed by atoms with Crippen molar-refractivity contribution in [1.29, 1.82) is 0 Å². The summed E-state index contributed by atoms with van der Waals surface area (Å²) in [5.74, 6) is 1.39. The Morgan fingerprint density at radius 1 is 1.14 bits per heavy atom. The Bertz CT molecular complexity index is 963. The van der Waals surface area contributed by atoms with Crippen LogP contribution in [0.4, 0.5) is 11.4 Å². The Morgan fingerprint density at radius 2 is 1.93 bits per heavy atom. The quantitative estimate of drug-likeness (QED) is 0.694. The van der Waals surface area contributed by atoms with E-state index < -0.39 is 0 Å². The van der Waals surface area contributed by atoms with Gasteiger partial charge in [0.2, 0.25) is 5.91 Å². The zero-order valence-corrected chi connectivity index (χ0v) is 16.4. The molecule has 8 nitrogen and oxygen atoms in total. The van der Waals surface area contributed by atoms with Gasteiger partial charge in [0.1, 0.15) is 17.8 Å². The lowest BCUT2D eigenvalue weighted by molar-refractivity contribution is -0.115. The lowest BCUT2D eigenvalue weighted by atomic mass is 10.1. The molecule has 1 aliphatic rings. The molecule has 1 aromatic carbocycles. The summed E-state index contributed by atoms with van der Waals surface area (Å²) in [7, 11) is 1.62. The second-order valence-electron chi connectivity index (χ2n) is 7.03. The molecule has 3 aromatic rings. The van der Waals surface area contributed by atoms with Crippen molar-refractivity contribution in [3.05, 3.63) is 54.7 Å². The summed E-state index contributed by atoms with van der Waals surface area (Å²) in [5.41, 5.74) is 2.51. The molecule has 4 rings (SSSR count). The van der Waals surface area contributed by atoms with Gasteiger partial charge in [-0.2, -0.15) is 5.10 Å². The Labute approximate surface area is 169 Å². The number of piperidine rings is 1. The van der Waals surface area contributed by atoms with E-state index in [2.05, 4.69) is 25.3 Å². The number of nitrogens with one attached hydrogen (secondary N) is 1. The van der Waals surface area contributed by atoms with E-state index in [9.17, 15) is 4.79 Å². The highest BCUT2D eigenvalue weighted by Gasteiger charge is 2.17. The van der Waals surface area contributed by atoms with E-state index in [1.807, 2.05) is 30.5 Å². The number of benzene rings is 1. The number of hydrogen-bond acceptors (Lipinski definition) is 6. The van der Waals surface area contributed by atoms with Crippen LogP contribution in [0.5, 0.6) is 5.75 Å². The van der Waals surface area contributed by atoms with Crippen molar-refractivity contribution in [2.24, 2.45) is 0 Å². The van der Waals surface area contributed by atoms with Gasteiger partial charge in [0.05, 0.1) is 37.8 Å². The minimum Gasteiger partial charge on any atom is -0.497 e. The molecule has 29 heavy (non-hydrogen) atoms. The lowest BCUT2D eigenvalue weighted by Gasteiger charge is -2.29. The third kappa shape index (κ3) is 4.53. The molecule has 3 heterocycles. The highest BCUT2D eigenvalue weighted by molar-refractivity contribution is 5.92. The molecule has 1 aliphatic heterocycles. The summed E-state index contributed by atoms with van der Waals surface area (Å²) in [6, 6.07) is 7.46. The molecule has 0 aliphatic carbocycles. The zero-order valence-electron chi connectivity index (χ0n) is 16.4. The maximum Gasteiger partial charge on any atom is 0.228 e. The second-order valence-corrected chi connectivity index (χ2v) is 7.03. The van der Waals surface area contributed by atoms with Crippen molar-refractivity contribution >= 4 is 17.3 Å². The number of aromatic nitrogens is 4. The van der Waals surface area contributed by atoms with Gasteiger partial charge >= 0.3 is 0 Å². The molecule has 1 N–H and O–H groups in total. The predicted octanol–water partition coefficient (Wildman–Crippen LogP) is 2.84. The molecule has 0 spiro atoms. The van der Waals surface area contributed by atoms with Crippen molar-refractivity contribution in [2.45, 2.75) is 25.7 Å². The third-order valence-electron chi connectivity index (χ3n) is 4.98. The van der Waals surface area contributed by atoms with E-state index in [-0.39, 0.29) is 12.3 Å². The molecular weight excluding hydrogens is 368 g/mol. The van der Waals surface area contributed by atoms with Gasteiger partial charge in [0, 0.05) is 13.1 Å². The zero-order chi connectivity index (χ0) is 20.1. The number of rotatable bonds is 6. The number of amides is 1. The SMILES string of the molecule is COc1ccc(CC(=O)Nc2cnn(-c3ncncc3N3CCCCC3)c2)cc1. The highest BCUT2D eigenvalue weighted by Crippen LogP contribution is 2.25. The van der Waals surface area contributed by atoms with E-state index in [1.54, 1.807) is 24.2 Å². The minimum absolute atomic E-state index is 0.103. The number of carbonyl (C=O) groups excluding carboxylic acids is 1. The van der Waals surface area contributed by atoms with Crippen LogP contribution in [0.25, 0.3) is 5.82 Å². The van der Waals surface area contributed by atoms with Crippen molar-refractivity contribution in [1.82, 2.24) is 19.7 Å². The Kier molecular flexibility index (Phi) is 5.69. The number of carbonyl (C=O) groups is 1. The second kappa shape index (κ2) is 8.72. The first kappa shape index (κ1) is 18.9. The van der Waals surface area contributed by atoms with Gasteiger partial charge in [0.25, 0.3) is 0 Å². The first-order valence-electron chi connectivity index (χ1n) is 9.76. The largest absolute Gasteiger partial charge is 0.497 e. The van der Waals surface area contributed by atoms with Gasteiger partial charge in [-0.15, -0.1) is 0 Å². The Morgan fingerprint density at radius 3 is 2.69 bits per heavy atom. The summed E-state index contributed by atoms with van der Waals surface area (Å²) < 4.78 is 6.83. The van der Waals surface area contributed by atoms with Gasteiger partial charge in [-0.3, -0.25) is 4.79 Å². The molecule has 8 heteroatoms. The average Bonchev–Trinajstić information content (AvgIpc) is 3.23. The summed E-state index contributed by atoms with van der Waals surface area (Å²) in [4.78, 5) is 23.3. The fourth-order valence-corrected chi connectivity index (χ4v) is 3.49. The van der Waals surface area contributed by atoms with E-state index in [0.29, 0.717) is 5.69 Å². The minimum atomic E-state index is -0.103. The van der Waals surface area contributed by atoms with E-state index in [4.69, 9.17) is 4.74 Å². The molecule has 1 fully saturated rings. The molecule has 150 valence electrons. The van der Waals surface area contributed by atoms with Crippen LogP contribution in [0, 0.1) is 0 Å². The van der Waals surface area contributed by atoms with Crippen molar-refractivity contribution in [3.63, 3.8) is 0 Å². The molecule has 0 bridgehead atoms. The summed E-state index contributed by atoms with van der Waals surface area (Å²) in [6.07, 6.45) is 10.6. The normalized spacial score (nSPS) is 13.9. The van der Waals surface area contributed by atoms with Crippen LogP contribution in [0.1, 0.15) is 24.8 Å². The average molecular weight is 392 g/mol. The van der Waals surface area contributed by atoms with Gasteiger partial charge in [-0.25, -0.2) is 14.6 Å². The maximum absolute atomic E-state index is 12.4. The van der Waals surface area contributed by atoms with Crippen LogP contribution in [-0.2, 0) is 11.2 Å². The number of anilines is 2. The molecule has 0 radical (unpaired) electrons. The molecule has 0 unspecified atom stereocenters. The molecular formula is C21H24N6O2. The summed E-state index contributed by atoms with van der Waals surface area (Å²) in [6.45, 7) is 1.99. The molecule has 2 aromatic heterocycles. The topological polar surface area (TPSA) is 85.2 Å². The summed E-state index contributed by atoms with van der Waals surface area (Å²) >= 11 is 0. The van der Waals surface area contributed by atoms with Gasteiger partial charge in [0.15, 0.2) is 5.82 Å². The van der Waals surface area contributed by atoms with Crippen LogP contribution in [0.2, 0.25) is 0 Å². The van der Waals surface area contributed by atoms with Gasteiger partial charge in [-0.1, -0.05) is 12.1 Å². The van der Waals surface area contributed by atoms with Gasteiger partial charge < -0.3 is 15.0 Å². The standard InChI is InChI=1S/C21H24N6O2/c1-29-18-7-5-16(6-8-18)11-20(28)25-17-12-24-27(14-17)21-19(13-22-15-23-21)26-9-3-2-4-10-26/h5-8,12-15H,2-4,9-11H2,1H3,(H,25,28). The van der Waals surface area contributed by atoms with Crippen LogP contribution in [0.3, 0.4) is 0 Å². The smallest absolute Gasteiger partial charge is 0.228 e. The van der Waals surface area contributed by atoms with Crippen LogP contribution in [0.15, 0.2) is 49.2 Å². The van der Waals surface area contributed by atoms with Crippen molar-refractivity contribution < 1.29 is 9.53 Å². The van der Waals surface area contributed by atoms with Crippen LogP contribution >= 0.6 is 0 Å². The van der Waals surface area contributed by atoms with Crippen molar-refractivity contribution in [2.75, 3.05) is 30.4 Å².